The van der Waals surface area contributed by atoms with E-state index in [1.165, 1.54) is 11.3 Å². The molecule has 0 unspecified atom stereocenters. The van der Waals surface area contributed by atoms with Crippen LogP contribution in [0, 0.1) is 0 Å². The summed E-state index contributed by atoms with van der Waals surface area (Å²) in [6, 6.07) is 0.00583. The molecule has 1 N–H and O–H groups in total. The maximum Gasteiger partial charge on any atom is 0.303 e. The number of likely N-dealkylation sites (tertiary alicyclic amines) is 1. The Morgan fingerprint density at radius 3 is 2.92 bits per heavy atom. The van der Waals surface area contributed by atoms with Crippen LogP contribution in [0.1, 0.15) is 41.8 Å². The number of thiazole rings is 1. The monoisotopic (exact) mass is 348 g/mol. The molecule has 1 amide bonds. The minimum atomic E-state index is -0.815. The molecule has 0 bridgehead atoms. The lowest BCUT2D eigenvalue weighted by Crippen LogP contribution is -2.43. The van der Waals surface area contributed by atoms with Gasteiger partial charge in [-0.25, -0.2) is 4.98 Å². The van der Waals surface area contributed by atoms with E-state index in [4.69, 9.17) is 5.11 Å². The summed E-state index contributed by atoms with van der Waals surface area (Å²) in [4.78, 5) is 30.4. The van der Waals surface area contributed by atoms with E-state index in [0.717, 1.165) is 29.8 Å². The van der Waals surface area contributed by atoms with Gasteiger partial charge in [0.05, 0.1) is 12.4 Å². The first-order valence-corrected chi connectivity index (χ1v) is 8.84. The summed E-state index contributed by atoms with van der Waals surface area (Å²) in [5.41, 5.74) is 0.891. The zero-order chi connectivity index (χ0) is 17.1. The molecule has 0 radical (unpaired) electrons. The molecule has 128 valence electrons. The summed E-state index contributed by atoms with van der Waals surface area (Å²) in [5, 5.41) is 13.8. The Morgan fingerprint density at radius 1 is 1.38 bits per heavy atom. The summed E-state index contributed by atoms with van der Waals surface area (Å²) in [5.74, 6) is -0.859. The lowest BCUT2D eigenvalue weighted by atomic mass is 9.97. The average molecular weight is 348 g/mol. The highest BCUT2D eigenvalue weighted by Crippen LogP contribution is 2.28. The number of carboxylic acid groups (broad SMARTS) is 1. The van der Waals surface area contributed by atoms with Gasteiger partial charge in [-0.1, -0.05) is 0 Å². The van der Waals surface area contributed by atoms with Crippen LogP contribution in [-0.4, -0.2) is 49.2 Å². The van der Waals surface area contributed by atoms with Crippen molar-refractivity contribution >= 4 is 23.2 Å². The molecule has 2 aromatic heterocycles. The fourth-order valence-corrected chi connectivity index (χ4v) is 3.88. The molecular weight excluding hydrogens is 328 g/mol. The van der Waals surface area contributed by atoms with Crippen molar-refractivity contribution in [3.05, 3.63) is 23.5 Å². The zero-order valence-corrected chi connectivity index (χ0v) is 14.3. The van der Waals surface area contributed by atoms with Gasteiger partial charge in [-0.05, 0) is 25.7 Å². The highest BCUT2D eigenvalue weighted by molar-refractivity contribution is 7.16. The van der Waals surface area contributed by atoms with E-state index >= 15 is 0 Å². The van der Waals surface area contributed by atoms with Crippen LogP contribution in [0.25, 0.3) is 10.6 Å². The van der Waals surface area contributed by atoms with Crippen molar-refractivity contribution in [2.24, 2.45) is 7.05 Å². The van der Waals surface area contributed by atoms with Gasteiger partial charge in [0.1, 0.15) is 9.88 Å². The number of aromatic nitrogens is 3. The van der Waals surface area contributed by atoms with Crippen molar-refractivity contribution in [2.75, 3.05) is 6.54 Å². The van der Waals surface area contributed by atoms with Crippen LogP contribution in [0.2, 0.25) is 0 Å². The topological polar surface area (TPSA) is 88.3 Å². The summed E-state index contributed by atoms with van der Waals surface area (Å²) in [6.07, 6.45) is 8.67. The lowest BCUT2D eigenvalue weighted by molar-refractivity contribution is -0.137. The summed E-state index contributed by atoms with van der Waals surface area (Å²) in [6.45, 7) is 0.684. The quantitative estimate of drug-likeness (QED) is 0.896. The van der Waals surface area contributed by atoms with Gasteiger partial charge < -0.3 is 10.0 Å². The maximum atomic E-state index is 12.8. The molecule has 0 aromatic carbocycles. The van der Waals surface area contributed by atoms with Crippen LogP contribution in [-0.2, 0) is 11.8 Å². The molecule has 1 atom stereocenters. The van der Waals surface area contributed by atoms with Crippen LogP contribution in [0.4, 0.5) is 0 Å². The largest absolute Gasteiger partial charge is 0.481 e. The van der Waals surface area contributed by atoms with Crippen molar-refractivity contribution in [2.45, 2.75) is 38.1 Å². The molecule has 1 saturated heterocycles. The van der Waals surface area contributed by atoms with Gasteiger partial charge in [-0.3, -0.25) is 14.3 Å². The SMILES string of the molecule is Cn1cc(-c2ncc(C(=O)N3CCCC[C@H]3CCC(=O)O)s2)cn1. The van der Waals surface area contributed by atoms with Gasteiger partial charge >= 0.3 is 5.97 Å². The van der Waals surface area contributed by atoms with Gasteiger partial charge in [0.2, 0.25) is 0 Å². The third-order valence-corrected chi connectivity index (χ3v) is 5.28. The molecule has 2 aromatic rings. The van der Waals surface area contributed by atoms with Crippen LogP contribution >= 0.6 is 11.3 Å². The fourth-order valence-electron chi connectivity index (χ4n) is 3.04. The molecular formula is C16H20N4O3S. The zero-order valence-electron chi connectivity index (χ0n) is 13.5. The second-order valence-electron chi connectivity index (χ2n) is 6.01. The first kappa shape index (κ1) is 16.6. The Labute approximate surface area is 143 Å². The number of rotatable bonds is 5. The first-order valence-electron chi connectivity index (χ1n) is 8.02. The van der Waals surface area contributed by atoms with Crippen LogP contribution < -0.4 is 0 Å². The molecule has 1 fully saturated rings. The number of hydrogen-bond acceptors (Lipinski definition) is 5. The number of carboxylic acids is 1. The average Bonchev–Trinajstić information content (AvgIpc) is 3.21. The van der Waals surface area contributed by atoms with E-state index in [2.05, 4.69) is 10.1 Å². The standard InChI is InChI=1S/C16H20N4O3S/c1-19-10-11(8-18-19)15-17-9-13(24-15)16(23)20-7-3-2-4-12(20)5-6-14(21)22/h8-10,12H,2-7H2,1H3,(H,21,22)/t12-/m0/s1. The third-order valence-electron chi connectivity index (χ3n) is 4.25. The molecule has 0 saturated carbocycles. The fraction of sp³-hybridized carbons (Fsp3) is 0.500. The first-order chi connectivity index (χ1) is 11.5. The predicted octanol–water partition coefficient (Wildman–Crippen LogP) is 2.40. The lowest BCUT2D eigenvalue weighted by Gasteiger charge is -2.35. The van der Waals surface area contributed by atoms with E-state index in [1.54, 1.807) is 17.1 Å². The Morgan fingerprint density at radius 2 is 2.21 bits per heavy atom. The van der Waals surface area contributed by atoms with Gasteiger partial charge in [-0.2, -0.15) is 5.10 Å². The normalized spacial score (nSPS) is 17.9. The smallest absolute Gasteiger partial charge is 0.303 e. The molecule has 0 spiro atoms. The number of aryl methyl sites for hydroxylation is 1. The molecule has 24 heavy (non-hydrogen) atoms. The number of nitrogens with zero attached hydrogens (tertiary/aromatic N) is 4. The minimum absolute atomic E-state index is 0.00583. The Balaban J connectivity index is 1.74. The molecule has 1 aliphatic heterocycles. The predicted molar refractivity (Wildman–Crippen MR) is 89.9 cm³/mol. The molecule has 0 aliphatic carbocycles. The number of carbonyl (C=O) groups is 2. The van der Waals surface area contributed by atoms with Crippen molar-refractivity contribution in [1.29, 1.82) is 0 Å². The molecule has 3 heterocycles. The van der Waals surface area contributed by atoms with E-state index in [-0.39, 0.29) is 18.4 Å². The Kier molecular flexibility index (Phi) is 4.94. The van der Waals surface area contributed by atoms with Gasteiger partial charge in [0.25, 0.3) is 5.91 Å². The van der Waals surface area contributed by atoms with Crippen molar-refractivity contribution in [1.82, 2.24) is 19.7 Å². The van der Waals surface area contributed by atoms with Gasteiger partial charge in [0.15, 0.2) is 0 Å². The second kappa shape index (κ2) is 7.12. The van der Waals surface area contributed by atoms with Gasteiger partial charge in [-0.15, -0.1) is 11.3 Å². The van der Waals surface area contributed by atoms with E-state index in [0.29, 0.717) is 17.8 Å². The maximum absolute atomic E-state index is 12.8. The van der Waals surface area contributed by atoms with E-state index in [9.17, 15) is 9.59 Å². The molecule has 3 rings (SSSR count). The summed E-state index contributed by atoms with van der Waals surface area (Å²) < 4.78 is 1.70. The Bertz CT molecular complexity index is 739. The van der Waals surface area contributed by atoms with Crippen LogP contribution in [0.5, 0.6) is 0 Å². The number of hydrogen-bond donors (Lipinski definition) is 1. The molecule has 7 nitrogen and oxygen atoms in total. The summed E-state index contributed by atoms with van der Waals surface area (Å²) in [7, 11) is 1.84. The van der Waals surface area contributed by atoms with Crippen LogP contribution in [0.15, 0.2) is 18.6 Å². The van der Waals surface area contributed by atoms with Crippen molar-refractivity contribution in [3.63, 3.8) is 0 Å². The molecule has 1 aliphatic rings. The van der Waals surface area contributed by atoms with Crippen molar-refractivity contribution < 1.29 is 14.7 Å². The second-order valence-corrected chi connectivity index (χ2v) is 7.04. The van der Waals surface area contributed by atoms with E-state index in [1.807, 2.05) is 18.1 Å². The number of amides is 1. The van der Waals surface area contributed by atoms with Crippen molar-refractivity contribution in [3.8, 4) is 10.6 Å². The number of piperidine rings is 1. The summed E-state index contributed by atoms with van der Waals surface area (Å²) >= 11 is 1.36. The highest BCUT2D eigenvalue weighted by Gasteiger charge is 2.29. The van der Waals surface area contributed by atoms with E-state index < -0.39 is 5.97 Å². The Hall–Kier alpha value is -2.22. The third kappa shape index (κ3) is 3.64. The number of aliphatic carboxylic acids is 1. The highest BCUT2D eigenvalue weighted by atomic mass is 32.1. The van der Waals surface area contributed by atoms with Gasteiger partial charge in [0, 0.05) is 37.8 Å². The minimum Gasteiger partial charge on any atom is -0.481 e. The molecule has 8 heteroatoms. The van der Waals surface area contributed by atoms with Crippen LogP contribution in [0.3, 0.4) is 0 Å². The number of carbonyl (C=O) groups excluding carboxylic acids is 1.